The molecule has 0 N–H and O–H groups in total. The lowest BCUT2D eigenvalue weighted by Crippen LogP contribution is -2.34. The molecular weight excluding hydrogens is 260 g/mol. The third-order valence-electron chi connectivity index (χ3n) is 3.64. The monoisotopic (exact) mass is 278 g/mol. The number of fused-ring (bicyclic) bond motifs is 1. The fourth-order valence-electron chi connectivity index (χ4n) is 2.07. The summed E-state index contributed by atoms with van der Waals surface area (Å²) in [5, 5.41) is 0.646. The first-order valence-corrected chi connectivity index (χ1v) is 6.96. The Morgan fingerprint density at radius 3 is 2.53 bits per heavy atom. The first-order chi connectivity index (χ1) is 8.86. The number of hydrogen-bond acceptors (Lipinski definition) is 2. The van der Waals surface area contributed by atoms with Crippen molar-refractivity contribution >= 4 is 22.5 Å². The quantitative estimate of drug-likeness (QED) is 0.785. The molecule has 0 saturated carbocycles. The van der Waals surface area contributed by atoms with Crippen molar-refractivity contribution in [2.45, 2.75) is 39.6 Å². The highest BCUT2D eigenvalue weighted by Gasteiger charge is 2.25. The van der Waals surface area contributed by atoms with Crippen molar-refractivity contribution in [2.24, 2.45) is 5.41 Å². The lowest BCUT2D eigenvalue weighted by molar-refractivity contribution is 0.252. The molecule has 0 spiro atoms. The van der Waals surface area contributed by atoms with Gasteiger partial charge in [0.2, 0.25) is 0 Å². The fourth-order valence-corrected chi connectivity index (χ4v) is 2.26. The number of hydrogen-bond donors (Lipinski definition) is 0. The molecule has 1 unspecified atom stereocenters. The minimum absolute atomic E-state index is 0.0105. The number of para-hydroxylation sites is 1. The maximum atomic E-state index is 12.7. The van der Waals surface area contributed by atoms with Gasteiger partial charge in [-0.2, -0.15) is 0 Å². The van der Waals surface area contributed by atoms with Crippen LogP contribution in [0.25, 0.3) is 10.9 Å². The lowest BCUT2D eigenvalue weighted by atomic mass is 9.87. The van der Waals surface area contributed by atoms with Gasteiger partial charge in [0, 0.05) is 6.04 Å². The minimum Gasteiger partial charge on any atom is -0.292 e. The van der Waals surface area contributed by atoms with Crippen LogP contribution >= 0.6 is 11.6 Å². The molecule has 0 aliphatic rings. The molecular formula is C15H19ClN2O. The molecule has 0 aliphatic carbocycles. The van der Waals surface area contributed by atoms with Crippen molar-refractivity contribution < 1.29 is 0 Å². The number of nitrogens with zero attached hydrogens (tertiary/aromatic N) is 2. The molecule has 1 aromatic heterocycles. The summed E-state index contributed by atoms with van der Waals surface area (Å²) in [4.78, 5) is 17.2. The molecule has 0 bridgehead atoms. The molecule has 0 radical (unpaired) electrons. The van der Waals surface area contributed by atoms with Gasteiger partial charge in [-0.3, -0.25) is 9.36 Å². The van der Waals surface area contributed by atoms with Crippen molar-refractivity contribution in [3.05, 3.63) is 40.4 Å². The Balaban J connectivity index is 2.79. The Kier molecular flexibility index (Phi) is 3.68. The zero-order valence-corrected chi connectivity index (χ0v) is 12.5. The van der Waals surface area contributed by atoms with Crippen LogP contribution in [0, 0.1) is 5.41 Å². The smallest absolute Gasteiger partial charge is 0.261 e. The zero-order chi connectivity index (χ0) is 14.2. The molecule has 19 heavy (non-hydrogen) atoms. The maximum Gasteiger partial charge on any atom is 0.261 e. The van der Waals surface area contributed by atoms with Crippen LogP contribution in [-0.2, 0) is 5.88 Å². The van der Waals surface area contributed by atoms with E-state index in [0.717, 1.165) is 0 Å². The van der Waals surface area contributed by atoms with E-state index >= 15 is 0 Å². The summed E-state index contributed by atoms with van der Waals surface area (Å²) < 4.78 is 1.73. The minimum atomic E-state index is -0.0330. The van der Waals surface area contributed by atoms with Crippen LogP contribution in [-0.4, -0.2) is 9.55 Å². The normalized spacial score (nSPS) is 13.7. The summed E-state index contributed by atoms with van der Waals surface area (Å²) in [6.45, 7) is 8.36. The third-order valence-corrected chi connectivity index (χ3v) is 3.88. The van der Waals surface area contributed by atoms with Crippen LogP contribution in [0.4, 0.5) is 0 Å². The fraction of sp³-hybridized carbons (Fsp3) is 0.467. The van der Waals surface area contributed by atoms with Crippen molar-refractivity contribution in [3.8, 4) is 0 Å². The first kappa shape index (κ1) is 14.1. The van der Waals surface area contributed by atoms with Gasteiger partial charge < -0.3 is 0 Å². The largest absolute Gasteiger partial charge is 0.292 e. The Morgan fingerprint density at radius 2 is 1.95 bits per heavy atom. The van der Waals surface area contributed by atoms with Gasteiger partial charge in [-0.25, -0.2) is 4.98 Å². The number of aromatic nitrogens is 2. The van der Waals surface area contributed by atoms with Crippen molar-refractivity contribution in [1.82, 2.24) is 9.55 Å². The van der Waals surface area contributed by atoms with E-state index in [1.165, 1.54) is 0 Å². The van der Waals surface area contributed by atoms with Crippen LogP contribution < -0.4 is 5.56 Å². The second-order valence-electron chi connectivity index (χ2n) is 5.90. The molecule has 1 aromatic carbocycles. The number of rotatable bonds is 2. The van der Waals surface area contributed by atoms with Crippen LogP contribution in [0.5, 0.6) is 0 Å². The first-order valence-electron chi connectivity index (χ1n) is 6.42. The third kappa shape index (κ3) is 2.52. The van der Waals surface area contributed by atoms with Crippen LogP contribution in [0.3, 0.4) is 0 Å². The van der Waals surface area contributed by atoms with Gasteiger partial charge in [-0.1, -0.05) is 32.9 Å². The van der Waals surface area contributed by atoms with E-state index in [9.17, 15) is 4.79 Å². The molecule has 2 rings (SSSR count). The topological polar surface area (TPSA) is 34.9 Å². The maximum absolute atomic E-state index is 12.7. The Hall–Kier alpha value is -1.35. The second kappa shape index (κ2) is 4.97. The summed E-state index contributed by atoms with van der Waals surface area (Å²) >= 11 is 5.98. The number of halogens is 1. The number of alkyl halides is 1. The predicted octanol–water partition coefficient (Wildman–Crippen LogP) is 3.74. The second-order valence-corrected chi connectivity index (χ2v) is 6.16. The summed E-state index contributed by atoms with van der Waals surface area (Å²) in [5.74, 6) is 0.869. The van der Waals surface area contributed by atoms with Crippen LogP contribution in [0.2, 0.25) is 0 Å². The van der Waals surface area contributed by atoms with Gasteiger partial charge >= 0.3 is 0 Å². The molecule has 1 atom stereocenters. The molecule has 0 saturated heterocycles. The number of benzene rings is 1. The van der Waals surface area contributed by atoms with Gasteiger partial charge in [-0.05, 0) is 24.5 Å². The molecule has 2 aromatic rings. The molecule has 0 fully saturated rings. The van der Waals surface area contributed by atoms with Crippen molar-refractivity contribution in [3.63, 3.8) is 0 Å². The molecule has 3 nitrogen and oxygen atoms in total. The average molecular weight is 279 g/mol. The van der Waals surface area contributed by atoms with Crippen molar-refractivity contribution in [2.75, 3.05) is 0 Å². The van der Waals surface area contributed by atoms with E-state index in [1.54, 1.807) is 4.57 Å². The molecule has 0 amide bonds. The van der Waals surface area contributed by atoms with E-state index in [4.69, 9.17) is 11.6 Å². The van der Waals surface area contributed by atoms with Crippen LogP contribution in [0.1, 0.15) is 39.6 Å². The highest BCUT2D eigenvalue weighted by molar-refractivity contribution is 6.16. The predicted molar refractivity (Wildman–Crippen MR) is 79.7 cm³/mol. The lowest BCUT2D eigenvalue weighted by Gasteiger charge is -2.30. The van der Waals surface area contributed by atoms with Gasteiger partial charge in [0.1, 0.15) is 5.82 Å². The molecule has 102 valence electrons. The van der Waals surface area contributed by atoms with Gasteiger partial charge in [0.05, 0.1) is 16.8 Å². The van der Waals surface area contributed by atoms with Crippen LogP contribution in [0.15, 0.2) is 29.1 Å². The van der Waals surface area contributed by atoms with Gasteiger partial charge in [0.25, 0.3) is 5.56 Å². The highest BCUT2D eigenvalue weighted by atomic mass is 35.5. The Morgan fingerprint density at radius 1 is 1.32 bits per heavy atom. The van der Waals surface area contributed by atoms with E-state index in [1.807, 2.05) is 31.2 Å². The summed E-state index contributed by atoms with van der Waals surface area (Å²) in [6.07, 6.45) is 0. The van der Waals surface area contributed by atoms with E-state index in [0.29, 0.717) is 16.7 Å². The standard InChI is InChI=1S/C15H19ClN2O/c1-10(15(2,3)4)18-13(9-16)17-12-8-6-5-7-11(12)14(18)19/h5-8,10H,9H2,1-4H3. The van der Waals surface area contributed by atoms with Crippen molar-refractivity contribution in [1.29, 1.82) is 0 Å². The molecule has 4 heteroatoms. The summed E-state index contributed by atoms with van der Waals surface area (Å²) in [5.41, 5.74) is 0.665. The zero-order valence-electron chi connectivity index (χ0n) is 11.8. The summed E-state index contributed by atoms with van der Waals surface area (Å²) in [6, 6.07) is 7.43. The molecule has 0 aliphatic heterocycles. The van der Waals surface area contributed by atoms with E-state index in [-0.39, 0.29) is 22.9 Å². The highest BCUT2D eigenvalue weighted by Crippen LogP contribution is 2.30. The van der Waals surface area contributed by atoms with E-state index in [2.05, 4.69) is 25.8 Å². The SMILES string of the molecule is CC(n1c(CCl)nc2ccccc2c1=O)C(C)(C)C. The Bertz CT molecular complexity index is 655. The average Bonchev–Trinajstić information content (AvgIpc) is 2.36. The summed E-state index contributed by atoms with van der Waals surface area (Å²) in [7, 11) is 0. The van der Waals surface area contributed by atoms with Gasteiger partial charge in [0.15, 0.2) is 0 Å². The van der Waals surface area contributed by atoms with Gasteiger partial charge in [-0.15, -0.1) is 11.6 Å². The molecule has 1 heterocycles. The van der Waals surface area contributed by atoms with E-state index < -0.39 is 0 Å². The Labute approximate surface area is 118 Å².